The predicted octanol–water partition coefficient (Wildman–Crippen LogP) is -4.85. The van der Waals surface area contributed by atoms with Gasteiger partial charge in [-0.1, -0.05) is 0 Å². The van der Waals surface area contributed by atoms with E-state index >= 15 is 0 Å². The van der Waals surface area contributed by atoms with Crippen LogP contribution in [0.3, 0.4) is 0 Å². The molecule has 1 aromatic rings. The average Bonchev–Trinajstić information content (AvgIpc) is 2.77. The first kappa shape index (κ1) is 20.4. The Kier molecular flexibility index (Phi) is 4.10. The van der Waals surface area contributed by atoms with Crippen LogP contribution in [0.1, 0.15) is 15.9 Å². The fourth-order valence-electron chi connectivity index (χ4n) is 3.35. The van der Waals surface area contributed by atoms with Gasteiger partial charge in [0.15, 0.2) is 11.6 Å². The summed E-state index contributed by atoms with van der Waals surface area (Å²) in [5.74, 6) is -6.53. The van der Waals surface area contributed by atoms with Gasteiger partial charge in [0.2, 0.25) is 11.8 Å². The second-order valence-corrected chi connectivity index (χ2v) is 6.66. The number of imide groups is 1. The smallest absolute Gasteiger partial charge is 0.253 e. The number of nitrogen functional groups attached to an aromatic ring is 1. The summed E-state index contributed by atoms with van der Waals surface area (Å²) in [6.45, 7) is 0. The lowest BCUT2D eigenvalue weighted by atomic mass is 9.36. The summed E-state index contributed by atoms with van der Waals surface area (Å²) in [5.41, 5.74) is -0.159. The van der Waals surface area contributed by atoms with Crippen molar-refractivity contribution in [3.63, 3.8) is 0 Å². The molecule has 0 aromatic heterocycles. The van der Waals surface area contributed by atoms with Crippen LogP contribution in [0.25, 0.3) is 0 Å². The van der Waals surface area contributed by atoms with Gasteiger partial charge in [0.05, 0.1) is 42.6 Å². The van der Waals surface area contributed by atoms with Crippen LogP contribution in [0.4, 0.5) is 10.1 Å². The Hall–Kier alpha value is -2.29. The summed E-state index contributed by atoms with van der Waals surface area (Å²) in [6.07, 6.45) is 0. The second kappa shape index (κ2) is 5.62. The van der Waals surface area contributed by atoms with Crippen molar-refractivity contribution in [2.75, 3.05) is 5.73 Å². The molecule has 0 spiro atoms. The van der Waals surface area contributed by atoms with Gasteiger partial charge in [0, 0.05) is 5.56 Å². The van der Waals surface area contributed by atoms with Crippen LogP contribution in [-0.4, -0.2) is 91.5 Å². The highest BCUT2D eigenvalue weighted by atomic mass is 19.1. The van der Waals surface area contributed by atoms with E-state index in [1.165, 1.54) is 0 Å². The molecule has 0 saturated carbocycles. The number of hydrogen-bond acceptors (Lipinski definition) is 6. The molecule has 0 aliphatic carbocycles. The number of aromatic hydroxyl groups is 1. The maximum atomic E-state index is 14.1. The van der Waals surface area contributed by atoms with Gasteiger partial charge in [0.1, 0.15) is 21.7 Å². The minimum atomic E-state index is -3.04. The number of nitrogens with zero attached hydrogens (tertiary/aromatic N) is 1. The molecule has 1 aromatic carbocycles. The van der Waals surface area contributed by atoms with E-state index in [1.54, 1.807) is 5.32 Å². The largest absolute Gasteiger partial charge is 0.503 e. The third-order valence-corrected chi connectivity index (χ3v) is 4.92. The number of anilines is 1. The number of amides is 3. The Balaban J connectivity index is 2.29. The number of aliphatic hydroxyl groups is 1. The van der Waals surface area contributed by atoms with E-state index in [-0.39, 0.29) is 0 Å². The van der Waals surface area contributed by atoms with Crippen molar-refractivity contribution in [3.8, 4) is 5.75 Å². The Bertz CT molecular complexity index is 969. The van der Waals surface area contributed by atoms with E-state index in [0.29, 0.717) is 4.90 Å². The number of nitrogens with two attached hydrogens (primary N) is 1. The Labute approximate surface area is 166 Å². The summed E-state index contributed by atoms with van der Waals surface area (Å²) in [7, 11) is 34.4. The molecule has 0 bridgehead atoms. The molecule has 3 amide bonds. The molecular formula is C13H6B6FN3O5. The van der Waals surface area contributed by atoms with E-state index in [4.69, 9.17) is 52.8 Å². The predicted molar refractivity (Wildman–Crippen MR) is 99.1 cm³/mol. The van der Waals surface area contributed by atoms with E-state index in [0.717, 1.165) is 0 Å². The second-order valence-electron chi connectivity index (χ2n) is 6.66. The molecule has 128 valence electrons. The number of phenolic OH excluding ortho intramolecular Hbond substituents is 1. The third-order valence-electron chi connectivity index (χ3n) is 4.92. The minimum Gasteiger partial charge on any atom is -0.503 e. The number of phenols is 1. The van der Waals surface area contributed by atoms with Crippen molar-refractivity contribution < 1.29 is 29.0 Å². The standard InChI is InChI=1S/C13H6B6FN3O5/c14-3-1-2(5(21)6(24)4(3)20)13(18,19)23(9(1)26)7-8(25)22-10(27)12(17,28)11(7,15)16/h7,24,28H,21H2,(H,22,25,27). The minimum absolute atomic E-state index is 0.350. The fraction of sp³-hybridized carbons (Fsp3) is 0.308. The molecule has 2 atom stereocenters. The zero-order chi connectivity index (χ0) is 21.6. The van der Waals surface area contributed by atoms with Crippen molar-refractivity contribution in [2.24, 2.45) is 0 Å². The number of fused-ring (bicyclic) bond motifs is 1. The summed E-state index contributed by atoms with van der Waals surface area (Å²) in [6, 6.07) is -2.13. The molecule has 2 heterocycles. The number of piperidine rings is 1. The molecule has 8 nitrogen and oxygen atoms in total. The number of halogens is 1. The summed E-state index contributed by atoms with van der Waals surface area (Å²) >= 11 is 0. The van der Waals surface area contributed by atoms with Gasteiger partial charge >= 0.3 is 0 Å². The van der Waals surface area contributed by atoms with Gasteiger partial charge in [-0.25, -0.2) is 4.39 Å². The SMILES string of the molecule is [B]c1c(F)c(O)c(N)c2c1C(=O)N(C1C(=O)NC(=O)C([B])(O)C1([B])[B])C2([B])[B]. The molecule has 3 rings (SSSR count). The van der Waals surface area contributed by atoms with Crippen LogP contribution >= 0.6 is 0 Å². The van der Waals surface area contributed by atoms with Crippen LogP contribution in [0.5, 0.6) is 5.75 Å². The van der Waals surface area contributed by atoms with E-state index in [9.17, 15) is 29.0 Å². The van der Waals surface area contributed by atoms with Gasteiger partial charge in [-0.15, -0.1) is 0 Å². The van der Waals surface area contributed by atoms with Crippen molar-refractivity contribution in [1.29, 1.82) is 0 Å². The van der Waals surface area contributed by atoms with E-state index < -0.39 is 73.7 Å². The number of carbonyl (C=O) groups excluding carboxylic acids is 3. The van der Waals surface area contributed by atoms with Gasteiger partial charge in [0.25, 0.3) is 5.91 Å². The molecule has 28 heavy (non-hydrogen) atoms. The lowest BCUT2D eigenvalue weighted by Crippen LogP contribution is -2.74. The number of carbonyl (C=O) groups is 3. The Morgan fingerprint density at radius 3 is 2.21 bits per heavy atom. The maximum absolute atomic E-state index is 14.1. The number of benzene rings is 1. The number of rotatable bonds is 1. The molecule has 2 aliphatic rings. The van der Waals surface area contributed by atoms with Crippen LogP contribution in [0, 0.1) is 5.82 Å². The van der Waals surface area contributed by atoms with Gasteiger partial charge < -0.3 is 20.8 Å². The van der Waals surface area contributed by atoms with Crippen LogP contribution in [0.15, 0.2) is 0 Å². The monoisotopic (exact) mass is 369 g/mol. The van der Waals surface area contributed by atoms with Crippen LogP contribution in [-0.2, 0) is 14.9 Å². The molecule has 1 saturated heterocycles. The normalized spacial score (nSPS) is 28.1. The van der Waals surface area contributed by atoms with E-state index in [2.05, 4.69) is 0 Å². The van der Waals surface area contributed by atoms with Crippen molar-refractivity contribution in [3.05, 3.63) is 16.9 Å². The highest BCUT2D eigenvalue weighted by Crippen LogP contribution is 2.48. The molecule has 12 radical (unpaired) electrons. The quantitative estimate of drug-likeness (QED) is 0.170. The third kappa shape index (κ3) is 2.19. The number of nitrogens with one attached hydrogen (secondary N) is 1. The summed E-state index contributed by atoms with van der Waals surface area (Å²) < 4.78 is 14.1. The van der Waals surface area contributed by atoms with Gasteiger partial charge in [-0.2, -0.15) is 0 Å². The van der Waals surface area contributed by atoms with Gasteiger partial charge in [-0.05, 0) is 21.6 Å². The Morgan fingerprint density at radius 1 is 1.14 bits per heavy atom. The molecule has 5 N–H and O–H groups in total. The van der Waals surface area contributed by atoms with Crippen molar-refractivity contribution in [2.45, 2.75) is 22.1 Å². The first-order chi connectivity index (χ1) is 12.6. The lowest BCUT2D eigenvalue weighted by Gasteiger charge is -2.54. The zero-order valence-corrected chi connectivity index (χ0v) is 14.1. The first-order valence-electron chi connectivity index (χ1n) is 7.55. The topological polar surface area (TPSA) is 133 Å². The molecule has 2 unspecified atom stereocenters. The molecular weight excluding hydrogens is 362 g/mol. The van der Waals surface area contributed by atoms with E-state index in [1.807, 2.05) is 0 Å². The van der Waals surface area contributed by atoms with Gasteiger partial charge in [-0.3, -0.25) is 19.7 Å². The maximum Gasteiger partial charge on any atom is 0.253 e. The summed E-state index contributed by atoms with van der Waals surface area (Å²) in [5, 5.41) is 16.3. The molecule has 15 heteroatoms. The molecule has 1 fully saturated rings. The van der Waals surface area contributed by atoms with Crippen LogP contribution < -0.4 is 16.5 Å². The highest BCUT2D eigenvalue weighted by Gasteiger charge is 2.61. The molecule has 2 aliphatic heterocycles. The number of hydrogen-bond donors (Lipinski definition) is 4. The average molecular weight is 368 g/mol. The zero-order valence-electron chi connectivity index (χ0n) is 14.1. The lowest BCUT2D eigenvalue weighted by molar-refractivity contribution is -0.149. The van der Waals surface area contributed by atoms with Crippen molar-refractivity contribution in [1.82, 2.24) is 10.2 Å². The highest BCUT2D eigenvalue weighted by molar-refractivity contribution is 6.53. The first-order valence-corrected chi connectivity index (χ1v) is 7.55. The fourth-order valence-corrected chi connectivity index (χ4v) is 3.35. The summed E-state index contributed by atoms with van der Waals surface area (Å²) in [4.78, 5) is 37.5. The Morgan fingerprint density at radius 2 is 1.68 bits per heavy atom. The van der Waals surface area contributed by atoms with Crippen molar-refractivity contribution >= 4 is 75.9 Å². The van der Waals surface area contributed by atoms with Crippen LogP contribution in [0.2, 0.25) is 5.21 Å².